The molecule has 0 aromatic carbocycles. The van der Waals surface area contributed by atoms with Gasteiger partial charge in [-0.25, -0.2) is 4.98 Å². The molecule has 0 bridgehead atoms. The lowest BCUT2D eigenvalue weighted by Crippen LogP contribution is -2.41. The summed E-state index contributed by atoms with van der Waals surface area (Å²) in [5.41, 5.74) is 4.95. The molecule has 1 rings (SSSR count). The van der Waals surface area contributed by atoms with Crippen LogP contribution in [0.5, 0.6) is 0 Å². The first-order valence-corrected chi connectivity index (χ1v) is 5.01. The zero-order valence-electron chi connectivity index (χ0n) is 9.60. The number of carbonyl (C=O) groups is 1. The van der Waals surface area contributed by atoms with Gasteiger partial charge in [-0.15, -0.1) is 0 Å². The van der Waals surface area contributed by atoms with Crippen molar-refractivity contribution in [3.63, 3.8) is 0 Å². The number of nitrogens with one attached hydrogen (secondary N) is 1. The lowest BCUT2D eigenvalue weighted by Gasteiger charge is -2.19. The molecule has 0 radical (unpaired) electrons. The number of hydrogen-bond donors (Lipinski definition) is 2. The van der Waals surface area contributed by atoms with Crippen molar-refractivity contribution < 1.29 is 4.79 Å². The highest BCUT2D eigenvalue weighted by atomic mass is 16.1. The third kappa shape index (κ3) is 2.59. The molecule has 1 unspecified atom stereocenters. The Balaban J connectivity index is 2.99. The van der Waals surface area contributed by atoms with Gasteiger partial charge in [0.15, 0.2) is 5.82 Å². The fourth-order valence-electron chi connectivity index (χ4n) is 1.31. The number of amides is 1. The summed E-state index contributed by atoms with van der Waals surface area (Å²) in [5, 5.41) is 2.77. The van der Waals surface area contributed by atoms with Crippen molar-refractivity contribution >= 4 is 11.7 Å². The lowest BCUT2D eigenvalue weighted by molar-refractivity contribution is -0.119. The Labute approximate surface area is 93.5 Å². The Bertz CT molecular complexity index is 439. The molecule has 1 heterocycles. The maximum atomic E-state index is 11.6. The van der Waals surface area contributed by atoms with E-state index in [1.165, 1.54) is 10.8 Å². The van der Waals surface area contributed by atoms with Crippen molar-refractivity contribution in [2.45, 2.75) is 19.9 Å². The van der Waals surface area contributed by atoms with E-state index in [-0.39, 0.29) is 17.3 Å². The number of primary amides is 1. The monoisotopic (exact) mass is 224 g/mol. The van der Waals surface area contributed by atoms with Crippen molar-refractivity contribution in [3.05, 3.63) is 22.7 Å². The molecule has 0 aliphatic carbocycles. The quantitative estimate of drug-likeness (QED) is 0.734. The normalized spacial score (nSPS) is 12.5. The van der Waals surface area contributed by atoms with E-state index in [0.717, 1.165) is 0 Å². The van der Waals surface area contributed by atoms with Gasteiger partial charge < -0.3 is 15.6 Å². The third-order valence-electron chi connectivity index (χ3n) is 2.28. The van der Waals surface area contributed by atoms with Gasteiger partial charge >= 0.3 is 0 Å². The highest BCUT2D eigenvalue weighted by Crippen LogP contribution is 2.06. The number of aromatic nitrogens is 2. The Kier molecular flexibility index (Phi) is 3.65. The van der Waals surface area contributed by atoms with Crippen LogP contribution in [0.25, 0.3) is 0 Å². The van der Waals surface area contributed by atoms with Gasteiger partial charge in [0.25, 0.3) is 5.56 Å². The van der Waals surface area contributed by atoms with Crippen molar-refractivity contribution in [1.29, 1.82) is 0 Å². The van der Waals surface area contributed by atoms with Gasteiger partial charge in [0.2, 0.25) is 5.91 Å². The molecule has 6 nitrogen and oxygen atoms in total. The summed E-state index contributed by atoms with van der Waals surface area (Å²) in [6.45, 7) is 3.69. The summed E-state index contributed by atoms with van der Waals surface area (Å²) in [7, 11) is 1.61. The zero-order chi connectivity index (χ0) is 12.3. The first-order chi connectivity index (χ1) is 7.43. The number of anilines is 1. The third-order valence-corrected chi connectivity index (χ3v) is 2.28. The minimum Gasteiger partial charge on any atom is -0.368 e. The molecule has 6 heteroatoms. The summed E-state index contributed by atoms with van der Waals surface area (Å²) in [6, 6.07) is -0.595. The summed E-state index contributed by atoms with van der Waals surface area (Å²) in [6.07, 6.45) is 3.03. The predicted octanol–water partition coefficient (Wildman–Crippen LogP) is -0.298. The molecule has 88 valence electrons. The van der Waals surface area contributed by atoms with Crippen molar-refractivity contribution in [3.8, 4) is 0 Å². The molecule has 0 aliphatic rings. The maximum absolute atomic E-state index is 11.6. The topological polar surface area (TPSA) is 90.0 Å². The van der Waals surface area contributed by atoms with Crippen LogP contribution in [0, 0.1) is 5.92 Å². The van der Waals surface area contributed by atoms with Gasteiger partial charge in [-0.2, -0.15) is 0 Å². The van der Waals surface area contributed by atoms with Gasteiger partial charge in [-0.05, 0) is 5.92 Å². The predicted molar refractivity (Wildman–Crippen MR) is 60.9 cm³/mol. The number of carbonyl (C=O) groups excluding carboxylic acids is 1. The molecule has 0 fully saturated rings. The highest BCUT2D eigenvalue weighted by molar-refractivity contribution is 5.82. The SMILES string of the molecule is CC(C)C(Nc1nccn(C)c1=O)C(N)=O. The number of nitrogens with zero attached hydrogens (tertiary/aromatic N) is 2. The molecule has 0 saturated carbocycles. The van der Waals surface area contributed by atoms with Crippen LogP contribution in [0.2, 0.25) is 0 Å². The van der Waals surface area contributed by atoms with Crippen molar-refractivity contribution in [2.24, 2.45) is 18.7 Å². The summed E-state index contributed by atoms with van der Waals surface area (Å²) >= 11 is 0. The Morgan fingerprint density at radius 2 is 2.19 bits per heavy atom. The second-order valence-electron chi connectivity index (χ2n) is 3.96. The van der Waals surface area contributed by atoms with E-state index in [1.54, 1.807) is 13.2 Å². The van der Waals surface area contributed by atoms with Crippen LogP contribution in [0.1, 0.15) is 13.8 Å². The molecule has 1 aromatic rings. The van der Waals surface area contributed by atoms with E-state index in [1.807, 2.05) is 13.8 Å². The van der Waals surface area contributed by atoms with Crippen LogP contribution in [0.3, 0.4) is 0 Å². The Hall–Kier alpha value is -1.85. The second-order valence-corrected chi connectivity index (χ2v) is 3.96. The fraction of sp³-hybridized carbons (Fsp3) is 0.500. The van der Waals surface area contributed by atoms with E-state index in [4.69, 9.17) is 5.73 Å². The van der Waals surface area contributed by atoms with E-state index in [0.29, 0.717) is 0 Å². The molecule has 3 N–H and O–H groups in total. The van der Waals surface area contributed by atoms with E-state index < -0.39 is 11.9 Å². The van der Waals surface area contributed by atoms with E-state index >= 15 is 0 Å². The molecule has 0 saturated heterocycles. The standard InChI is InChI=1S/C10H16N4O2/c1-6(2)7(8(11)15)13-9-10(16)14(3)5-4-12-9/h4-7H,1-3H3,(H2,11,15)(H,12,13). The van der Waals surface area contributed by atoms with Gasteiger partial charge in [0.05, 0.1) is 0 Å². The van der Waals surface area contributed by atoms with Gasteiger partial charge in [-0.3, -0.25) is 9.59 Å². The van der Waals surface area contributed by atoms with Gasteiger partial charge in [0, 0.05) is 19.4 Å². The second kappa shape index (κ2) is 4.78. The molecular formula is C10H16N4O2. The molecule has 0 spiro atoms. The lowest BCUT2D eigenvalue weighted by atomic mass is 10.0. The highest BCUT2D eigenvalue weighted by Gasteiger charge is 2.20. The first kappa shape index (κ1) is 12.2. The summed E-state index contributed by atoms with van der Waals surface area (Å²) in [5.74, 6) is -0.366. The Morgan fingerprint density at radius 1 is 1.56 bits per heavy atom. The number of hydrogen-bond acceptors (Lipinski definition) is 4. The smallest absolute Gasteiger partial charge is 0.293 e. The van der Waals surface area contributed by atoms with Gasteiger partial charge in [-0.1, -0.05) is 13.8 Å². The van der Waals surface area contributed by atoms with E-state index in [9.17, 15) is 9.59 Å². The molecule has 1 aromatic heterocycles. The first-order valence-electron chi connectivity index (χ1n) is 5.01. The number of nitrogens with two attached hydrogens (primary N) is 1. The van der Waals surface area contributed by atoms with Crippen molar-refractivity contribution in [2.75, 3.05) is 5.32 Å². The van der Waals surface area contributed by atoms with Crippen LogP contribution in [0.4, 0.5) is 5.82 Å². The van der Waals surface area contributed by atoms with Crippen molar-refractivity contribution in [1.82, 2.24) is 9.55 Å². The largest absolute Gasteiger partial charge is 0.368 e. The van der Waals surface area contributed by atoms with Gasteiger partial charge in [0.1, 0.15) is 6.04 Å². The molecule has 1 atom stereocenters. The fourth-order valence-corrected chi connectivity index (χ4v) is 1.31. The molecular weight excluding hydrogens is 208 g/mol. The van der Waals surface area contributed by atoms with Crippen LogP contribution in [-0.2, 0) is 11.8 Å². The minimum atomic E-state index is -0.595. The molecule has 0 aliphatic heterocycles. The molecule has 1 amide bonds. The molecule has 16 heavy (non-hydrogen) atoms. The average Bonchev–Trinajstić information content (AvgIpc) is 2.19. The summed E-state index contributed by atoms with van der Waals surface area (Å²) < 4.78 is 1.38. The van der Waals surface area contributed by atoms with Crippen LogP contribution in [0.15, 0.2) is 17.2 Å². The van der Waals surface area contributed by atoms with Crippen LogP contribution in [-0.4, -0.2) is 21.5 Å². The Morgan fingerprint density at radius 3 is 2.69 bits per heavy atom. The maximum Gasteiger partial charge on any atom is 0.293 e. The number of rotatable bonds is 4. The summed E-state index contributed by atoms with van der Waals surface area (Å²) in [4.78, 5) is 26.7. The minimum absolute atomic E-state index is 0.00999. The van der Waals surface area contributed by atoms with E-state index in [2.05, 4.69) is 10.3 Å². The zero-order valence-corrected chi connectivity index (χ0v) is 9.60. The number of aryl methyl sites for hydroxylation is 1. The van der Waals surface area contributed by atoms with Crippen LogP contribution >= 0.6 is 0 Å². The van der Waals surface area contributed by atoms with Crippen LogP contribution < -0.4 is 16.6 Å². The average molecular weight is 224 g/mol.